The number of para-hydroxylation sites is 1. The highest BCUT2D eigenvalue weighted by atomic mass is 16.6. The molecule has 2 aromatic carbocycles. The summed E-state index contributed by atoms with van der Waals surface area (Å²) in [4.78, 5) is 21.6. The summed E-state index contributed by atoms with van der Waals surface area (Å²) in [7, 11) is 1.76. The van der Waals surface area contributed by atoms with E-state index in [1.165, 1.54) is 0 Å². The second-order valence-corrected chi connectivity index (χ2v) is 6.33. The number of anilines is 4. The lowest BCUT2D eigenvalue weighted by Crippen LogP contribution is -2.16. The van der Waals surface area contributed by atoms with Crippen molar-refractivity contribution in [1.29, 1.82) is 0 Å². The molecule has 0 bridgehead atoms. The van der Waals surface area contributed by atoms with Crippen molar-refractivity contribution in [3.05, 3.63) is 75.5 Å². The molecule has 0 radical (unpaired) electrons. The molecule has 1 aromatic heterocycles. The zero-order valence-electron chi connectivity index (χ0n) is 15.7. The second-order valence-electron chi connectivity index (χ2n) is 6.33. The number of nitro groups is 1. The van der Waals surface area contributed by atoms with Gasteiger partial charge < -0.3 is 10.2 Å². The minimum Gasteiger partial charge on any atom is -0.324 e. The highest BCUT2D eigenvalue weighted by Crippen LogP contribution is 2.34. The van der Waals surface area contributed by atoms with Crippen LogP contribution in [0.2, 0.25) is 0 Å². The molecular weight excluding hydrogens is 342 g/mol. The fourth-order valence-corrected chi connectivity index (χ4v) is 2.84. The lowest BCUT2D eigenvalue weighted by Gasteiger charge is -2.20. The monoisotopic (exact) mass is 363 g/mol. The van der Waals surface area contributed by atoms with E-state index in [9.17, 15) is 10.1 Å². The SMILES string of the molecule is Cc1cccc(Nc2nc(C)c([N+](=O)[O-])c(N(C)c3ccccc3)n2)c1C. The molecule has 7 heteroatoms. The van der Waals surface area contributed by atoms with Crippen LogP contribution in [0.4, 0.5) is 28.8 Å². The van der Waals surface area contributed by atoms with Crippen LogP contribution in [0.5, 0.6) is 0 Å². The predicted molar refractivity (Wildman–Crippen MR) is 107 cm³/mol. The van der Waals surface area contributed by atoms with E-state index >= 15 is 0 Å². The van der Waals surface area contributed by atoms with Crippen LogP contribution in [-0.2, 0) is 0 Å². The van der Waals surface area contributed by atoms with Crippen molar-refractivity contribution >= 4 is 28.8 Å². The van der Waals surface area contributed by atoms with Gasteiger partial charge in [0.05, 0.1) is 4.92 Å². The summed E-state index contributed by atoms with van der Waals surface area (Å²) in [5, 5.41) is 14.8. The molecule has 3 rings (SSSR count). The number of nitrogens with zero attached hydrogens (tertiary/aromatic N) is 4. The lowest BCUT2D eigenvalue weighted by atomic mass is 10.1. The third-order valence-electron chi connectivity index (χ3n) is 4.53. The van der Waals surface area contributed by atoms with Gasteiger partial charge in [-0.25, -0.2) is 4.98 Å². The van der Waals surface area contributed by atoms with Gasteiger partial charge in [-0.05, 0) is 50.1 Å². The van der Waals surface area contributed by atoms with Gasteiger partial charge in [0.25, 0.3) is 0 Å². The summed E-state index contributed by atoms with van der Waals surface area (Å²) in [6.45, 7) is 5.65. The molecule has 0 atom stereocenters. The van der Waals surface area contributed by atoms with E-state index < -0.39 is 4.92 Å². The van der Waals surface area contributed by atoms with E-state index in [0.717, 1.165) is 22.5 Å². The van der Waals surface area contributed by atoms with Crippen LogP contribution in [0, 0.1) is 30.9 Å². The summed E-state index contributed by atoms with van der Waals surface area (Å²) < 4.78 is 0. The molecule has 0 amide bonds. The smallest absolute Gasteiger partial charge is 0.324 e. The lowest BCUT2D eigenvalue weighted by molar-refractivity contribution is -0.385. The quantitative estimate of drug-likeness (QED) is 0.517. The first kappa shape index (κ1) is 18.3. The van der Waals surface area contributed by atoms with E-state index in [4.69, 9.17) is 0 Å². The largest absolute Gasteiger partial charge is 0.333 e. The Labute approximate surface area is 157 Å². The summed E-state index contributed by atoms with van der Waals surface area (Å²) in [6, 6.07) is 15.3. The van der Waals surface area contributed by atoms with Crippen LogP contribution < -0.4 is 10.2 Å². The molecule has 0 fully saturated rings. The number of nitrogens with one attached hydrogen (secondary N) is 1. The number of aromatic nitrogens is 2. The molecule has 0 spiro atoms. The van der Waals surface area contributed by atoms with Gasteiger partial charge in [-0.15, -0.1) is 0 Å². The van der Waals surface area contributed by atoms with Crippen molar-refractivity contribution < 1.29 is 4.92 Å². The summed E-state index contributed by atoms with van der Waals surface area (Å²) in [5.74, 6) is 0.566. The Morgan fingerprint density at radius 3 is 2.37 bits per heavy atom. The maximum atomic E-state index is 11.6. The van der Waals surface area contributed by atoms with Crippen LogP contribution in [0.25, 0.3) is 0 Å². The molecule has 0 saturated carbocycles. The van der Waals surface area contributed by atoms with E-state index in [0.29, 0.717) is 11.6 Å². The van der Waals surface area contributed by atoms with Crippen LogP contribution in [-0.4, -0.2) is 21.9 Å². The van der Waals surface area contributed by atoms with E-state index in [-0.39, 0.29) is 11.5 Å². The van der Waals surface area contributed by atoms with Gasteiger partial charge >= 0.3 is 5.69 Å². The maximum absolute atomic E-state index is 11.6. The number of rotatable bonds is 5. The Morgan fingerprint density at radius 1 is 1.00 bits per heavy atom. The molecule has 1 heterocycles. The minimum absolute atomic E-state index is 0.104. The highest BCUT2D eigenvalue weighted by molar-refractivity contribution is 5.71. The zero-order chi connectivity index (χ0) is 19.6. The van der Waals surface area contributed by atoms with Gasteiger partial charge in [0.15, 0.2) is 0 Å². The minimum atomic E-state index is -0.439. The predicted octanol–water partition coefficient (Wildman–Crippen LogP) is 4.82. The topological polar surface area (TPSA) is 84.2 Å². The average molecular weight is 363 g/mol. The molecule has 0 aliphatic carbocycles. The Balaban J connectivity index is 2.09. The van der Waals surface area contributed by atoms with Crippen molar-refractivity contribution in [2.45, 2.75) is 20.8 Å². The van der Waals surface area contributed by atoms with E-state index in [1.54, 1.807) is 18.9 Å². The van der Waals surface area contributed by atoms with Gasteiger partial charge in [-0.2, -0.15) is 4.98 Å². The van der Waals surface area contributed by atoms with Crippen LogP contribution in [0.1, 0.15) is 16.8 Å². The van der Waals surface area contributed by atoms with Crippen LogP contribution in [0.3, 0.4) is 0 Å². The molecule has 7 nitrogen and oxygen atoms in total. The number of benzene rings is 2. The van der Waals surface area contributed by atoms with Crippen LogP contribution in [0.15, 0.2) is 48.5 Å². The molecular formula is C20H21N5O2. The van der Waals surface area contributed by atoms with Crippen molar-refractivity contribution in [2.24, 2.45) is 0 Å². The Bertz CT molecular complexity index is 989. The van der Waals surface area contributed by atoms with E-state index in [2.05, 4.69) is 15.3 Å². The molecule has 3 aromatic rings. The van der Waals surface area contributed by atoms with Gasteiger partial charge in [0, 0.05) is 18.4 Å². The maximum Gasteiger partial charge on any atom is 0.333 e. The first-order valence-electron chi connectivity index (χ1n) is 8.53. The third kappa shape index (κ3) is 3.72. The normalized spacial score (nSPS) is 10.5. The fourth-order valence-electron chi connectivity index (χ4n) is 2.84. The number of hydrogen-bond acceptors (Lipinski definition) is 6. The molecule has 1 N–H and O–H groups in total. The molecule has 138 valence electrons. The molecule has 0 unspecified atom stereocenters. The standard InChI is InChI=1S/C20H21N5O2/c1-13-9-8-12-17(14(13)2)22-20-21-15(3)18(25(26)27)19(23-20)24(4)16-10-6-5-7-11-16/h5-12H,1-4H3,(H,21,22,23). The molecule has 0 aliphatic rings. The van der Waals surface area contributed by atoms with Gasteiger partial charge in [0.2, 0.25) is 11.8 Å². The zero-order valence-corrected chi connectivity index (χ0v) is 15.7. The summed E-state index contributed by atoms with van der Waals surface area (Å²) in [5.41, 5.74) is 4.09. The van der Waals surface area contributed by atoms with Gasteiger partial charge in [-0.3, -0.25) is 10.1 Å². The van der Waals surface area contributed by atoms with Gasteiger partial charge in [-0.1, -0.05) is 30.3 Å². The summed E-state index contributed by atoms with van der Waals surface area (Å²) in [6.07, 6.45) is 0. The first-order valence-corrected chi connectivity index (χ1v) is 8.53. The Kier molecular flexibility index (Phi) is 5.03. The molecule has 27 heavy (non-hydrogen) atoms. The number of aryl methyl sites for hydroxylation is 2. The summed E-state index contributed by atoms with van der Waals surface area (Å²) >= 11 is 0. The average Bonchev–Trinajstić information content (AvgIpc) is 2.64. The first-order chi connectivity index (χ1) is 12.9. The van der Waals surface area contributed by atoms with Crippen molar-refractivity contribution in [3.63, 3.8) is 0 Å². The number of hydrogen-bond donors (Lipinski definition) is 1. The highest BCUT2D eigenvalue weighted by Gasteiger charge is 2.25. The Morgan fingerprint density at radius 2 is 1.70 bits per heavy atom. The van der Waals surface area contributed by atoms with Crippen molar-refractivity contribution in [2.75, 3.05) is 17.3 Å². The van der Waals surface area contributed by atoms with E-state index in [1.807, 2.05) is 62.4 Å². The van der Waals surface area contributed by atoms with Gasteiger partial charge in [0.1, 0.15) is 5.69 Å². The van der Waals surface area contributed by atoms with Crippen molar-refractivity contribution in [1.82, 2.24) is 9.97 Å². The third-order valence-corrected chi connectivity index (χ3v) is 4.53. The van der Waals surface area contributed by atoms with Crippen molar-refractivity contribution in [3.8, 4) is 0 Å². The Hall–Kier alpha value is -3.48. The second kappa shape index (κ2) is 7.41. The molecule has 0 aliphatic heterocycles. The fraction of sp³-hybridized carbons (Fsp3) is 0.200. The molecule has 0 saturated heterocycles. The van der Waals surface area contributed by atoms with Crippen LogP contribution >= 0.6 is 0 Å².